The van der Waals surface area contributed by atoms with E-state index in [2.05, 4.69) is 5.32 Å². The number of nitrogens with two attached hydrogens (primary N) is 1. The molecule has 1 rings (SSSR count). The topological polar surface area (TPSA) is 38.0 Å². The van der Waals surface area contributed by atoms with Crippen molar-refractivity contribution in [3.05, 3.63) is 11.9 Å². The molecule has 1 aliphatic heterocycles. The highest BCUT2D eigenvalue weighted by Crippen LogP contribution is 2.07. The molecule has 0 unspecified atom stereocenters. The van der Waals surface area contributed by atoms with E-state index in [1.165, 1.54) is 18.5 Å². The van der Waals surface area contributed by atoms with Gasteiger partial charge in [-0.25, -0.2) is 0 Å². The van der Waals surface area contributed by atoms with Gasteiger partial charge in [0.15, 0.2) is 0 Å². The number of hydrogen-bond acceptors (Lipinski definition) is 2. The Morgan fingerprint density at radius 1 is 1.50 bits per heavy atom. The Morgan fingerprint density at radius 3 is 2.75 bits per heavy atom. The van der Waals surface area contributed by atoms with Gasteiger partial charge >= 0.3 is 0 Å². The second-order valence-corrected chi connectivity index (χ2v) is 2.08. The minimum absolute atomic E-state index is 1.10. The van der Waals surface area contributed by atoms with Crippen LogP contribution in [0.4, 0.5) is 0 Å². The molecule has 0 amide bonds. The third kappa shape index (κ3) is 1.15. The third-order valence-corrected chi connectivity index (χ3v) is 1.43. The maximum Gasteiger partial charge on any atom is 0.0264 e. The third-order valence-electron chi connectivity index (χ3n) is 1.43. The molecule has 1 heterocycles. The van der Waals surface area contributed by atoms with Gasteiger partial charge in [0.2, 0.25) is 0 Å². The van der Waals surface area contributed by atoms with E-state index in [0.29, 0.717) is 0 Å². The summed E-state index contributed by atoms with van der Waals surface area (Å²) in [5, 5.41) is 3.20. The van der Waals surface area contributed by atoms with E-state index in [0.717, 1.165) is 13.0 Å². The Morgan fingerprint density at radius 2 is 2.38 bits per heavy atom. The molecular weight excluding hydrogens is 100 g/mol. The van der Waals surface area contributed by atoms with E-state index in [-0.39, 0.29) is 0 Å². The Hall–Kier alpha value is -0.660. The van der Waals surface area contributed by atoms with Crippen molar-refractivity contribution in [3.8, 4) is 0 Å². The normalized spacial score (nSPS) is 25.2. The molecule has 0 aliphatic carbocycles. The maximum atomic E-state index is 5.28. The van der Waals surface area contributed by atoms with E-state index < -0.39 is 0 Å². The molecule has 1 aliphatic rings. The smallest absolute Gasteiger partial charge is 0.0264 e. The molecule has 0 aromatic heterocycles. The van der Waals surface area contributed by atoms with Gasteiger partial charge in [-0.1, -0.05) is 0 Å². The van der Waals surface area contributed by atoms with Crippen LogP contribution in [0.2, 0.25) is 0 Å². The zero-order chi connectivity index (χ0) is 5.82. The Balaban J connectivity index is 2.33. The first-order chi connectivity index (χ1) is 3.93. The first-order valence-corrected chi connectivity index (χ1v) is 3.08. The van der Waals surface area contributed by atoms with Crippen molar-refractivity contribution in [1.82, 2.24) is 5.32 Å². The molecular formula is C6H12N2. The van der Waals surface area contributed by atoms with Crippen LogP contribution in [0.25, 0.3) is 0 Å². The fourth-order valence-corrected chi connectivity index (χ4v) is 0.920. The van der Waals surface area contributed by atoms with Gasteiger partial charge in [-0.3, -0.25) is 0 Å². The lowest BCUT2D eigenvalue weighted by Gasteiger charge is -2.14. The molecule has 0 spiro atoms. The molecule has 1 fully saturated rings. The van der Waals surface area contributed by atoms with Crippen LogP contribution in [-0.4, -0.2) is 6.54 Å². The van der Waals surface area contributed by atoms with Crippen LogP contribution >= 0.6 is 0 Å². The van der Waals surface area contributed by atoms with Crippen LogP contribution in [0, 0.1) is 0 Å². The van der Waals surface area contributed by atoms with Crippen LogP contribution in [0.1, 0.15) is 19.3 Å². The summed E-state index contributed by atoms with van der Waals surface area (Å²) >= 11 is 0. The van der Waals surface area contributed by atoms with Gasteiger partial charge < -0.3 is 11.1 Å². The molecule has 8 heavy (non-hydrogen) atoms. The summed E-state index contributed by atoms with van der Waals surface area (Å²) in [6.45, 7) is 1.10. The molecule has 0 aromatic carbocycles. The highest BCUT2D eigenvalue weighted by atomic mass is 14.9. The summed E-state index contributed by atoms with van der Waals surface area (Å²) in [5.41, 5.74) is 6.48. The number of piperidine rings is 1. The van der Waals surface area contributed by atoms with Crippen LogP contribution in [0.3, 0.4) is 0 Å². The zero-order valence-electron chi connectivity index (χ0n) is 4.98. The van der Waals surface area contributed by atoms with Crippen molar-refractivity contribution in [2.24, 2.45) is 5.73 Å². The van der Waals surface area contributed by atoms with Crippen molar-refractivity contribution in [2.75, 3.05) is 6.54 Å². The number of nitrogens with one attached hydrogen (secondary N) is 1. The summed E-state index contributed by atoms with van der Waals surface area (Å²) < 4.78 is 0. The molecule has 0 radical (unpaired) electrons. The monoisotopic (exact) mass is 112 g/mol. The van der Waals surface area contributed by atoms with Crippen LogP contribution in [0.15, 0.2) is 11.9 Å². The minimum atomic E-state index is 1.10. The average molecular weight is 112 g/mol. The predicted molar refractivity (Wildman–Crippen MR) is 34.1 cm³/mol. The second-order valence-electron chi connectivity index (χ2n) is 2.08. The van der Waals surface area contributed by atoms with Gasteiger partial charge in [-0.2, -0.15) is 0 Å². The van der Waals surface area contributed by atoms with Crippen molar-refractivity contribution >= 4 is 0 Å². The molecule has 0 atom stereocenters. The Labute approximate surface area is 49.8 Å². The molecule has 0 aromatic rings. The van der Waals surface area contributed by atoms with Crippen molar-refractivity contribution in [3.63, 3.8) is 0 Å². The van der Waals surface area contributed by atoms with Crippen molar-refractivity contribution < 1.29 is 0 Å². The summed E-state index contributed by atoms with van der Waals surface area (Å²) in [7, 11) is 0. The molecule has 2 nitrogen and oxygen atoms in total. The largest absolute Gasteiger partial charge is 0.403 e. The lowest BCUT2D eigenvalue weighted by atomic mass is 10.1. The SMILES string of the molecule is N/C=C1/CCCCN1. The standard InChI is InChI=1S/C6H12N2/c7-5-6-3-1-2-4-8-6/h5,8H,1-4,7H2/b6-5-. The van der Waals surface area contributed by atoms with E-state index >= 15 is 0 Å². The summed E-state index contributed by atoms with van der Waals surface area (Å²) in [6.07, 6.45) is 5.38. The summed E-state index contributed by atoms with van der Waals surface area (Å²) in [5.74, 6) is 0. The summed E-state index contributed by atoms with van der Waals surface area (Å²) in [4.78, 5) is 0. The second kappa shape index (κ2) is 2.60. The number of allylic oxidation sites excluding steroid dienone is 1. The lowest BCUT2D eigenvalue weighted by molar-refractivity contribution is 0.586. The van der Waals surface area contributed by atoms with E-state index in [9.17, 15) is 0 Å². The molecule has 1 saturated heterocycles. The van der Waals surface area contributed by atoms with Crippen LogP contribution in [-0.2, 0) is 0 Å². The highest BCUT2D eigenvalue weighted by Gasteiger charge is 2.00. The van der Waals surface area contributed by atoms with Gasteiger partial charge in [-0.15, -0.1) is 0 Å². The van der Waals surface area contributed by atoms with Crippen molar-refractivity contribution in [1.29, 1.82) is 0 Å². The Kier molecular flexibility index (Phi) is 1.78. The van der Waals surface area contributed by atoms with E-state index in [4.69, 9.17) is 5.73 Å². The zero-order valence-corrected chi connectivity index (χ0v) is 4.98. The minimum Gasteiger partial charge on any atom is -0.403 e. The lowest BCUT2D eigenvalue weighted by Crippen LogP contribution is -2.20. The fraction of sp³-hybridized carbons (Fsp3) is 0.667. The van der Waals surface area contributed by atoms with Gasteiger partial charge in [0.05, 0.1) is 0 Å². The average Bonchev–Trinajstić information content (AvgIpc) is 1.90. The number of hydrogen-bond donors (Lipinski definition) is 2. The van der Waals surface area contributed by atoms with Crippen molar-refractivity contribution in [2.45, 2.75) is 19.3 Å². The molecule has 0 saturated carbocycles. The van der Waals surface area contributed by atoms with Gasteiger partial charge in [-0.05, 0) is 19.3 Å². The highest BCUT2D eigenvalue weighted by molar-refractivity contribution is 4.98. The molecule has 3 N–H and O–H groups in total. The summed E-state index contributed by atoms with van der Waals surface area (Å²) in [6, 6.07) is 0. The first kappa shape index (κ1) is 5.48. The van der Waals surface area contributed by atoms with Gasteiger partial charge in [0, 0.05) is 18.4 Å². The molecule has 2 heteroatoms. The van der Waals surface area contributed by atoms with Crippen LogP contribution in [0.5, 0.6) is 0 Å². The maximum absolute atomic E-state index is 5.28. The Bertz CT molecular complexity index is 88.7. The van der Waals surface area contributed by atoms with E-state index in [1.807, 2.05) is 0 Å². The number of rotatable bonds is 0. The first-order valence-electron chi connectivity index (χ1n) is 3.08. The van der Waals surface area contributed by atoms with Crippen LogP contribution < -0.4 is 11.1 Å². The quantitative estimate of drug-likeness (QED) is 0.480. The molecule has 46 valence electrons. The van der Waals surface area contributed by atoms with E-state index in [1.54, 1.807) is 6.20 Å². The predicted octanol–water partition coefficient (Wildman–Crippen LogP) is 0.560. The van der Waals surface area contributed by atoms with Gasteiger partial charge in [0.1, 0.15) is 0 Å². The van der Waals surface area contributed by atoms with Gasteiger partial charge in [0.25, 0.3) is 0 Å². The molecule has 0 bridgehead atoms. The fourth-order valence-electron chi connectivity index (χ4n) is 0.920.